The first-order chi connectivity index (χ1) is 23.5. The van der Waals surface area contributed by atoms with Gasteiger partial charge in [0.2, 0.25) is 0 Å². The number of rotatable bonds is 6. The Hall–Kier alpha value is -4.62. The summed E-state index contributed by atoms with van der Waals surface area (Å²) in [5.74, 6) is 0.481. The van der Waals surface area contributed by atoms with E-state index in [2.05, 4.69) is 29.0 Å². The van der Waals surface area contributed by atoms with Gasteiger partial charge in [-0.05, 0) is 95.5 Å². The quantitative estimate of drug-likeness (QED) is 0.284. The molecule has 3 aromatic heterocycles. The standard InChI is InChI=1S/C37H44N6O6S/c1-22-8-9-25(15-33(22)50(7,46)47)35(44)39-18-28-16-31-26(17-38-28)10-11-30(40-31)32-14-27-21-42(36(45)49-37(4,5)6)13-12-29(27)34(41-32)43-19-23(2)48-24(3)20-43/h8-11,14-17,23-24H,12-13,18-21H2,1-7H3,(H,39,44)/t23-,24+. The summed E-state index contributed by atoms with van der Waals surface area (Å²) in [5.41, 5.74) is 4.98. The average Bonchev–Trinajstić information content (AvgIpc) is 3.04. The SMILES string of the molecule is Cc1ccc(C(=O)NCc2cc3nc(-c4cc5c(c(N6C[C@@H](C)O[C@@H](C)C6)n4)CCN(C(=O)OC(C)(C)C)C5)ccc3cn2)cc1S(C)(=O)=O. The Balaban J connectivity index is 1.30. The number of hydrogen-bond acceptors (Lipinski definition) is 10. The van der Waals surface area contributed by atoms with Crippen LogP contribution in [0.25, 0.3) is 22.3 Å². The van der Waals surface area contributed by atoms with Gasteiger partial charge in [-0.25, -0.2) is 23.2 Å². The lowest BCUT2D eigenvalue weighted by atomic mass is 9.98. The van der Waals surface area contributed by atoms with Crippen LogP contribution in [0, 0.1) is 6.92 Å². The summed E-state index contributed by atoms with van der Waals surface area (Å²) in [6, 6.07) is 12.3. The van der Waals surface area contributed by atoms with Gasteiger partial charge >= 0.3 is 6.09 Å². The van der Waals surface area contributed by atoms with Crippen LogP contribution in [0.1, 0.15) is 67.4 Å². The van der Waals surface area contributed by atoms with Gasteiger partial charge in [-0.1, -0.05) is 6.07 Å². The number of nitrogens with zero attached hydrogens (tertiary/aromatic N) is 5. The minimum atomic E-state index is -3.48. The zero-order valence-electron chi connectivity index (χ0n) is 29.6. The Kier molecular flexibility index (Phi) is 9.57. The normalized spacial score (nSPS) is 18.1. The van der Waals surface area contributed by atoms with Gasteiger partial charge in [0.25, 0.3) is 5.91 Å². The van der Waals surface area contributed by atoms with Crippen LogP contribution in [0.5, 0.6) is 0 Å². The highest BCUT2D eigenvalue weighted by Gasteiger charge is 2.32. The highest BCUT2D eigenvalue weighted by Crippen LogP contribution is 2.34. The van der Waals surface area contributed by atoms with Crippen molar-refractivity contribution in [3.05, 3.63) is 76.6 Å². The summed E-state index contributed by atoms with van der Waals surface area (Å²) in [5, 5.41) is 3.67. The van der Waals surface area contributed by atoms with E-state index in [9.17, 15) is 18.0 Å². The predicted octanol–water partition coefficient (Wildman–Crippen LogP) is 5.24. The van der Waals surface area contributed by atoms with E-state index in [4.69, 9.17) is 19.4 Å². The number of carbonyl (C=O) groups is 2. The molecular formula is C37H44N6O6S. The van der Waals surface area contributed by atoms with Crippen LogP contribution in [0.2, 0.25) is 0 Å². The number of morpholine rings is 1. The molecule has 2 aliphatic rings. The smallest absolute Gasteiger partial charge is 0.410 e. The Labute approximate surface area is 293 Å². The molecule has 2 aliphatic heterocycles. The number of sulfone groups is 1. The monoisotopic (exact) mass is 700 g/mol. The maximum Gasteiger partial charge on any atom is 0.410 e. The fraction of sp³-hybridized carbons (Fsp3) is 0.432. The molecule has 0 spiro atoms. The van der Waals surface area contributed by atoms with Crippen LogP contribution in [0.4, 0.5) is 10.6 Å². The van der Waals surface area contributed by atoms with Gasteiger partial charge < -0.3 is 24.6 Å². The average molecular weight is 701 g/mol. The first-order valence-electron chi connectivity index (χ1n) is 16.8. The number of aryl methyl sites for hydroxylation is 1. The van der Waals surface area contributed by atoms with E-state index in [0.717, 1.165) is 28.6 Å². The van der Waals surface area contributed by atoms with Crippen molar-refractivity contribution in [3.63, 3.8) is 0 Å². The van der Waals surface area contributed by atoms with Crippen molar-refractivity contribution < 1.29 is 27.5 Å². The van der Waals surface area contributed by atoms with Crippen molar-refractivity contribution in [1.82, 2.24) is 25.2 Å². The molecule has 0 saturated carbocycles. The van der Waals surface area contributed by atoms with Crippen molar-refractivity contribution in [1.29, 1.82) is 0 Å². The molecule has 13 heteroatoms. The largest absolute Gasteiger partial charge is 0.444 e. The first-order valence-corrected chi connectivity index (χ1v) is 18.7. The minimum Gasteiger partial charge on any atom is -0.444 e. The second-order valence-corrected chi connectivity index (χ2v) is 16.3. The third kappa shape index (κ3) is 7.89. The highest BCUT2D eigenvalue weighted by molar-refractivity contribution is 7.90. The molecule has 0 unspecified atom stereocenters. The second kappa shape index (κ2) is 13.6. The van der Waals surface area contributed by atoms with E-state index in [1.165, 1.54) is 6.07 Å². The molecule has 0 bridgehead atoms. The van der Waals surface area contributed by atoms with Crippen LogP contribution in [0.15, 0.2) is 53.6 Å². The Bertz CT molecular complexity index is 2070. The van der Waals surface area contributed by atoms with Crippen molar-refractivity contribution in [2.24, 2.45) is 0 Å². The zero-order valence-corrected chi connectivity index (χ0v) is 30.4. The maximum atomic E-state index is 13.1. The molecule has 1 N–H and O–H groups in total. The minimum absolute atomic E-state index is 0.0413. The molecule has 2 atom stereocenters. The summed E-state index contributed by atoms with van der Waals surface area (Å²) < 4.78 is 36.1. The van der Waals surface area contributed by atoms with Crippen molar-refractivity contribution in [2.45, 2.75) is 83.8 Å². The van der Waals surface area contributed by atoms with Crippen LogP contribution in [0.3, 0.4) is 0 Å². The molecule has 12 nitrogen and oxygen atoms in total. The van der Waals surface area contributed by atoms with Crippen molar-refractivity contribution >= 4 is 38.6 Å². The maximum absolute atomic E-state index is 13.1. The molecule has 264 valence electrons. The van der Waals surface area contributed by atoms with Gasteiger partial charge in [-0.3, -0.25) is 9.78 Å². The Morgan fingerprint density at radius 1 is 1.02 bits per heavy atom. The number of carbonyl (C=O) groups excluding carboxylic acids is 2. The van der Waals surface area contributed by atoms with Crippen LogP contribution < -0.4 is 10.2 Å². The van der Waals surface area contributed by atoms with E-state index in [1.807, 2.05) is 45.0 Å². The highest BCUT2D eigenvalue weighted by atomic mass is 32.2. The van der Waals surface area contributed by atoms with Gasteiger partial charge in [0, 0.05) is 55.1 Å². The Morgan fingerprint density at radius 2 is 1.76 bits per heavy atom. The molecule has 5 heterocycles. The van der Waals surface area contributed by atoms with Gasteiger partial charge in [0.1, 0.15) is 11.4 Å². The van der Waals surface area contributed by atoms with Gasteiger partial charge in [-0.15, -0.1) is 0 Å². The number of ether oxygens (including phenoxy) is 2. The van der Waals surface area contributed by atoms with E-state index >= 15 is 0 Å². The lowest BCUT2D eigenvalue weighted by Gasteiger charge is -2.39. The lowest BCUT2D eigenvalue weighted by molar-refractivity contribution is -0.00553. The number of fused-ring (bicyclic) bond motifs is 2. The summed E-state index contributed by atoms with van der Waals surface area (Å²) >= 11 is 0. The van der Waals surface area contributed by atoms with E-state index in [-0.39, 0.29) is 35.3 Å². The number of nitrogens with one attached hydrogen (secondary N) is 1. The topological polar surface area (TPSA) is 144 Å². The molecule has 6 rings (SSSR count). The van der Waals surface area contributed by atoms with Crippen LogP contribution in [-0.4, -0.2) is 84.0 Å². The number of anilines is 1. The molecule has 0 aliphatic carbocycles. The van der Waals surface area contributed by atoms with Crippen molar-refractivity contribution in [2.75, 3.05) is 30.8 Å². The molecule has 2 amide bonds. The lowest BCUT2D eigenvalue weighted by Crippen LogP contribution is -2.47. The summed E-state index contributed by atoms with van der Waals surface area (Å²) in [4.78, 5) is 44.8. The van der Waals surface area contributed by atoms with Gasteiger partial charge in [0.15, 0.2) is 9.84 Å². The first kappa shape index (κ1) is 35.2. The number of hydrogen-bond donors (Lipinski definition) is 1. The molecular weight excluding hydrogens is 657 g/mol. The van der Waals surface area contributed by atoms with Gasteiger partial charge in [-0.2, -0.15) is 0 Å². The van der Waals surface area contributed by atoms with Crippen LogP contribution >= 0.6 is 0 Å². The fourth-order valence-electron chi connectivity index (χ4n) is 6.49. The third-order valence-corrected chi connectivity index (χ3v) is 9.97. The van der Waals surface area contributed by atoms with Crippen molar-refractivity contribution in [3.8, 4) is 11.4 Å². The number of amides is 2. The number of benzene rings is 1. The summed E-state index contributed by atoms with van der Waals surface area (Å²) in [7, 11) is -3.48. The summed E-state index contributed by atoms with van der Waals surface area (Å²) in [6.45, 7) is 13.9. The molecule has 1 aromatic carbocycles. The molecule has 4 aromatic rings. The molecule has 50 heavy (non-hydrogen) atoms. The number of pyridine rings is 3. The van der Waals surface area contributed by atoms with E-state index in [1.54, 1.807) is 30.2 Å². The zero-order chi connectivity index (χ0) is 36.0. The fourth-order valence-corrected chi connectivity index (χ4v) is 7.49. The molecule has 1 saturated heterocycles. The van der Waals surface area contributed by atoms with Gasteiger partial charge in [0.05, 0.1) is 46.2 Å². The Morgan fingerprint density at radius 3 is 2.46 bits per heavy atom. The third-order valence-electron chi connectivity index (χ3n) is 8.73. The van der Waals surface area contributed by atoms with Crippen LogP contribution in [-0.2, 0) is 38.8 Å². The summed E-state index contributed by atoms with van der Waals surface area (Å²) in [6.07, 6.45) is 3.23. The molecule has 0 radical (unpaired) electrons. The van der Waals surface area contributed by atoms with E-state index in [0.29, 0.717) is 60.8 Å². The second-order valence-electron chi connectivity index (χ2n) is 14.3. The number of aromatic nitrogens is 3. The molecule has 1 fully saturated rings. The predicted molar refractivity (Wildman–Crippen MR) is 191 cm³/mol. The van der Waals surface area contributed by atoms with E-state index < -0.39 is 21.3 Å².